The van der Waals surface area contributed by atoms with E-state index in [0.717, 1.165) is 30.8 Å². The molecule has 0 fully saturated rings. The third-order valence-corrected chi connectivity index (χ3v) is 4.40. The lowest BCUT2D eigenvalue weighted by atomic mass is 10.1. The summed E-state index contributed by atoms with van der Waals surface area (Å²) in [5, 5.41) is 0. The maximum atomic E-state index is 5.83. The molecule has 4 rings (SSSR count). The van der Waals surface area contributed by atoms with Gasteiger partial charge < -0.3 is 9.64 Å². The quantitative estimate of drug-likeness (QED) is 0.700. The summed E-state index contributed by atoms with van der Waals surface area (Å²) < 4.78 is 14.5. The van der Waals surface area contributed by atoms with Gasteiger partial charge in [-0.3, -0.25) is 4.98 Å². The van der Waals surface area contributed by atoms with Crippen molar-refractivity contribution in [2.45, 2.75) is 13.0 Å². The fourth-order valence-corrected chi connectivity index (χ4v) is 3.11. The molecule has 1 aliphatic rings. The van der Waals surface area contributed by atoms with E-state index in [0.29, 0.717) is 12.5 Å². The van der Waals surface area contributed by atoms with Crippen LogP contribution in [0.15, 0.2) is 67.0 Å². The Kier molecular flexibility index (Phi) is 6.87. The van der Waals surface area contributed by atoms with Crippen molar-refractivity contribution in [3.63, 3.8) is 0 Å². The van der Waals surface area contributed by atoms with Gasteiger partial charge in [0.15, 0.2) is 0 Å². The number of ether oxygens (including phenoxy) is 1. The Labute approximate surface area is 158 Å². The van der Waals surface area contributed by atoms with E-state index >= 15 is 0 Å². The monoisotopic (exact) mass is 366 g/mol. The van der Waals surface area contributed by atoms with Crippen LogP contribution in [0, 0.1) is 0 Å². The molecule has 26 heavy (non-hydrogen) atoms. The first-order valence-electron chi connectivity index (χ1n) is 8.55. The van der Waals surface area contributed by atoms with Crippen LogP contribution in [0.1, 0.15) is 17.7 Å². The molecule has 3 aromatic rings. The molecule has 0 radical (unpaired) electrons. The van der Waals surface area contributed by atoms with Gasteiger partial charge in [-0.1, -0.05) is 42.5 Å². The predicted molar refractivity (Wildman–Crippen MR) is 105 cm³/mol. The highest BCUT2D eigenvalue weighted by Gasteiger charge is 2.18. The second-order valence-corrected chi connectivity index (χ2v) is 6.50. The highest BCUT2D eigenvalue weighted by molar-refractivity contribution is 6.99. The lowest BCUT2D eigenvalue weighted by molar-refractivity contribution is 0.294. The Morgan fingerprint density at radius 1 is 1.04 bits per heavy atom. The van der Waals surface area contributed by atoms with Crippen molar-refractivity contribution in [3.05, 3.63) is 78.3 Å². The third kappa shape index (κ3) is 5.47. The van der Waals surface area contributed by atoms with Crippen molar-refractivity contribution < 1.29 is 4.74 Å². The maximum absolute atomic E-state index is 5.83. The first-order valence-corrected chi connectivity index (χ1v) is 9.28. The molecule has 0 amide bonds. The minimum atomic E-state index is 0.530. The molecule has 0 spiro atoms. The number of aromatic nitrogens is 3. The SMILES string of the molecule is CN1CCC=C(c2nsnc2OCc2ccccc2)C1.c1ccncc1. The van der Waals surface area contributed by atoms with Crippen molar-refractivity contribution >= 4 is 17.3 Å². The minimum absolute atomic E-state index is 0.530. The van der Waals surface area contributed by atoms with E-state index in [1.807, 2.05) is 48.5 Å². The van der Waals surface area contributed by atoms with Crippen LogP contribution in [0.3, 0.4) is 0 Å². The zero-order valence-corrected chi connectivity index (χ0v) is 15.6. The van der Waals surface area contributed by atoms with E-state index in [1.54, 1.807) is 12.4 Å². The number of pyridine rings is 1. The number of likely N-dealkylation sites (N-methyl/N-ethyl adjacent to an activating group) is 1. The third-order valence-electron chi connectivity index (χ3n) is 3.89. The lowest BCUT2D eigenvalue weighted by Crippen LogP contribution is -2.25. The summed E-state index contributed by atoms with van der Waals surface area (Å²) in [6, 6.07) is 15.8. The summed E-state index contributed by atoms with van der Waals surface area (Å²) in [7, 11) is 2.12. The highest BCUT2D eigenvalue weighted by Crippen LogP contribution is 2.27. The van der Waals surface area contributed by atoms with Crippen molar-refractivity contribution in [2.24, 2.45) is 0 Å². The van der Waals surface area contributed by atoms with E-state index in [2.05, 4.69) is 31.8 Å². The fourth-order valence-electron chi connectivity index (χ4n) is 2.57. The maximum Gasteiger partial charge on any atom is 0.254 e. The first kappa shape index (κ1) is 18.2. The number of hydrogen-bond donors (Lipinski definition) is 0. The van der Waals surface area contributed by atoms with Crippen LogP contribution < -0.4 is 4.74 Å². The van der Waals surface area contributed by atoms with Gasteiger partial charge in [0, 0.05) is 25.5 Å². The van der Waals surface area contributed by atoms with E-state index in [4.69, 9.17) is 4.74 Å². The van der Waals surface area contributed by atoms with E-state index in [9.17, 15) is 0 Å². The summed E-state index contributed by atoms with van der Waals surface area (Å²) in [5.74, 6) is 0.653. The molecule has 0 unspecified atom stereocenters. The van der Waals surface area contributed by atoms with E-state index < -0.39 is 0 Å². The first-order chi connectivity index (χ1) is 12.8. The molecule has 0 saturated carbocycles. The molecule has 1 aromatic carbocycles. The molecule has 0 atom stereocenters. The lowest BCUT2D eigenvalue weighted by Gasteiger charge is -2.22. The molecule has 134 valence electrons. The summed E-state index contributed by atoms with van der Waals surface area (Å²) in [6.07, 6.45) is 6.80. The Hall–Kier alpha value is -2.57. The van der Waals surface area contributed by atoms with Gasteiger partial charge in [0.25, 0.3) is 5.88 Å². The Morgan fingerprint density at radius 2 is 1.81 bits per heavy atom. The van der Waals surface area contributed by atoms with Crippen molar-refractivity contribution in [1.29, 1.82) is 0 Å². The van der Waals surface area contributed by atoms with E-state index in [1.165, 1.54) is 17.3 Å². The molecule has 0 N–H and O–H groups in total. The van der Waals surface area contributed by atoms with Crippen molar-refractivity contribution in [2.75, 3.05) is 20.1 Å². The molecular formula is C20H22N4OS. The van der Waals surface area contributed by atoms with Crippen molar-refractivity contribution in [1.82, 2.24) is 18.6 Å². The Morgan fingerprint density at radius 3 is 2.46 bits per heavy atom. The molecule has 0 bridgehead atoms. The fraction of sp³-hybridized carbons (Fsp3) is 0.250. The predicted octanol–water partition coefficient (Wildman–Crippen LogP) is 3.92. The number of rotatable bonds is 4. The van der Waals surface area contributed by atoms with Crippen LogP contribution in [0.5, 0.6) is 5.88 Å². The van der Waals surface area contributed by atoms with Crippen LogP contribution in [0.25, 0.3) is 5.57 Å². The molecule has 3 heterocycles. The summed E-state index contributed by atoms with van der Waals surface area (Å²) >= 11 is 1.21. The zero-order valence-electron chi connectivity index (χ0n) is 14.8. The smallest absolute Gasteiger partial charge is 0.254 e. The normalized spacial score (nSPS) is 14.1. The topological polar surface area (TPSA) is 51.1 Å². The highest BCUT2D eigenvalue weighted by atomic mass is 32.1. The van der Waals surface area contributed by atoms with Crippen LogP contribution in [-0.2, 0) is 6.61 Å². The van der Waals surface area contributed by atoms with Gasteiger partial charge in [-0.2, -0.15) is 4.37 Å². The molecule has 2 aromatic heterocycles. The van der Waals surface area contributed by atoms with Gasteiger partial charge in [0.2, 0.25) is 0 Å². The number of benzene rings is 1. The zero-order chi connectivity index (χ0) is 18.0. The second-order valence-electron chi connectivity index (χ2n) is 5.97. The standard InChI is InChI=1S/C15H17N3OS.C5H5N/c1-18-9-5-8-13(10-18)14-15(17-20-16-14)19-11-12-6-3-2-4-7-12;1-2-4-6-5-3-1/h2-4,6-8H,5,9-11H2,1H3;1-5H. The van der Waals surface area contributed by atoms with Crippen molar-refractivity contribution in [3.8, 4) is 5.88 Å². The average molecular weight is 366 g/mol. The van der Waals surface area contributed by atoms with Gasteiger partial charge in [0.05, 0.1) is 11.7 Å². The average Bonchev–Trinajstić information content (AvgIpc) is 3.18. The second kappa shape index (κ2) is 9.79. The molecule has 0 aliphatic carbocycles. The molecular weight excluding hydrogens is 344 g/mol. The van der Waals surface area contributed by atoms with Gasteiger partial charge in [-0.05, 0) is 36.7 Å². The van der Waals surface area contributed by atoms with Gasteiger partial charge in [-0.25, -0.2) is 0 Å². The van der Waals surface area contributed by atoms with Gasteiger partial charge in [-0.15, -0.1) is 4.37 Å². The summed E-state index contributed by atoms with van der Waals surface area (Å²) in [6.45, 7) is 2.54. The molecule has 0 saturated heterocycles. The summed E-state index contributed by atoms with van der Waals surface area (Å²) in [4.78, 5) is 6.07. The van der Waals surface area contributed by atoms with Crippen LogP contribution in [0.4, 0.5) is 0 Å². The minimum Gasteiger partial charge on any atom is -0.471 e. The van der Waals surface area contributed by atoms with Crippen LogP contribution >= 0.6 is 11.7 Å². The van der Waals surface area contributed by atoms with Gasteiger partial charge in [0.1, 0.15) is 12.3 Å². The van der Waals surface area contributed by atoms with Gasteiger partial charge >= 0.3 is 0 Å². The number of hydrogen-bond acceptors (Lipinski definition) is 6. The molecule has 1 aliphatic heterocycles. The molecule has 5 nitrogen and oxygen atoms in total. The largest absolute Gasteiger partial charge is 0.471 e. The van der Waals surface area contributed by atoms with Crippen LogP contribution in [-0.4, -0.2) is 38.8 Å². The van der Waals surface area contributed by atoms with Crippen LogP contribution in [0.2, 0.25) is 0 Å². The van der Waals surface area contributed by atoms with E-state index in [-0.39, 0.29) is 0 Å². The molecule has 6 heteroatoms. The Balaban J connectivity index is 0.000000278. The number of nitrogens with zero attached hydrogens (tertiary/aromatic N) is 4. The Bertz CT molecular complexity index is 778. The summed E-state index contributed by atoms with van der Waals surface area (Å²) in [5.41, 5.74) is 3.26.